The second-order valence-electron chi connectivity index (χ2n) is 4.56. The molecule has 0 radical (unpaired) electrons. The smallest absolute Gasteiger partial charge is 0.186 e. The van der Waals surface area contributed by atoms with E-state index in [1.165, 1.54) is 18.9 Å². The molecule has 0 amide bonds. The standard InChI is InChI=1S/C16H16NO2PS2/c1-11(18)21-10-16(19)12-5-7-13(8-6-12)17-22-15-4-2-3-14(20)9-15/h2-9,17H,10,20H2,1H3. The third-order valence-corrected chi connectivity index (χ3v) is 4.76. The van der Waals surface area contributed by atoms with Crippen molar-refractivity contribution in [3.8, 4) is 0 Å². The summed E-state index contributed by atoms with van der Waals surface area (Å²) in [6.45, 7) is 1.46. The Morgan fingerprint density at radius 3 is 2.50 bits per heavy atom. The van der Waals surface area contributed by atoms with Gasteiger partial charge in [-0.2, -0.15) is 0 Å². The Bertz CT molecular complexity index is 674. The summed E-state index contributed by atoms with van der Waals surface area (Å²) in [5.74, 6) is 0.160. The first-order chi connectivity index (χ1) is 10.5. The molecule has 0 saturated carbocycles. The van der Waals surface area contributed by atoms with Crippen LogP contribution in [0, 0.1) is 0 Å². The lowest BCUT2D eigenvalue weighted by molar-refractivity contribution is -0.109. The molecule has 0 heterocycles. The van der Waals surface area contributed by atoms with Crippen LogP contribution in [0.5, 0.6) is 0 Å². The van der Waals surface area contributed by atoms with Gasteiger partial charge in [-0.05, 0) is 53.7 Å². The van der Waals surface area contributed by atoms with E-state index in [9.17, 15) is 9.59 Å². The van der Waals surface area contributed by atoms with E-state index < -0.39 is 0 Å². The van der Waals surface area contributed by atoms with Crippen molar-refractivity contribution in [2.24, 2.45) is 0 Å². The normalized spacial score (nSPS) is 10.3. The van der Waals surface area contributed by atoms with Crippen molar-refractivity contribution >= 4 is 54.8 Å². The molecule has 2 rings (SSSR count). The van der Waals surface area contributed by atoms with Crippen LogP contribution in [0.3, 0.4) is 0 Å². The van der Waals surface area contributed by atoms with Gasteiger partial charge in [-0.3, -0.25) is 9.59 Å². The van der Waals surface area contributed by atoms with Gasteiger partial charge in [-0.1, -0.05) is 23.9 Å². The molecule has 2 aromatic carbocycles. The van der Waals surface area contributed by atoms with Gasteiger partial charge in [0.05, 0.1) is 5.75 Å². The minimum atomic E-state index is -0.0423. The number of anilines is 1. The fraction of sp³-hybridized carbons (Fsp3) is 0.125. The zero-order valence-electron chi connectivity index (χ0n) is 12.0. The molecule has 1 N–H and O–H groups in total. The maximum atomic E-state index is 11.9. The molecule has 1 unspecified atom stereocenters. The Labute approximate surface area is 141 Å². The van der Waals surface area contributed by atoms with Crippen molar-refractivity contribution in [2.75, 3.05) is 10.5 Å². The molecule has 2 aromatic rings. The predicted molar refractivity (Wildman–Crippen MR) is 99.2 cm³/mol. The second-order valence-corrected chi connectivity index (χ2v) is 7.26. The first kappa shape index (κ1) is 17.1. The second kappa shape index (κ2) is 8.37. The van der Waals surface area contributed by atoms with Gasteiger partial charge < -0.3 is 4.72 Å². The first-order valence-electron chi connectivity index (χ1n) is 6.59. The van der Waals surface area contributed by atoms with E-state index in [2.05, 4.69) is 20.0 Å². The Hall–Kier alpha value is -1.29. The number of nitrogens with one attached hydrogen (secondary N) is 1. The van der Waals surface area contributed by atoms with E-state index in [-0.39, 0.29) is 16.7 Å². The number of rotatable bonds is 6. The maximum Gasteiger partial charge on any atom is 0.186 e. The summed E-state index contributed by atoms with van der Waals surface area (Å²) in [6, 6.07) is 15.4. The summed E-state index contributed by atoms with van der Waals surface area (Å²) in [5.41, 5.74) is 1.55. The average molecular weight is 349 g/mol. The molecular formula is C16H16NO2PS2. The molecule has 0 saturated heterocycles. The van der Waals surface area contributed by atoms with Gasteiger partial charge in [0, 0.05) is 23.1 Å². The van der Waals surface area contributed by atoms with Crippen LogP contribution in [0.4, 0.5) is 5.69 Å². The third-order valence-electron chi connectivity index (χ3n) is 2.76. The minimum absolute atomic E-state index is 0.0323. The van der Waals surface area contributed by atoms with Crippen LogP contribution in [0.2, 0.25) is 0 Å². The highest BCUT2D eigenvalue weighted by Crippen LogP contribution is 2.21. The van der Waals surface area contributed by atoms with Crippen LogP contribution in [-0.4, -0.2) is 16.7 Å². The zero-order chi connectivity index (χ0) is 15.9. The summed E-state index contributed by atoms with van der Waals surface area (Å²) < 4.78 is 3.24. The van der Waals surface area contributed by atoms with Crippen molar-refractivity contribution in [1.82, 2.24) is 0 Å². The molecular weight excluding hydrogens is 333 g/mol. The monoisotopic (exact) mass is 349 g/mol. The lowest BCUT2D eigenvalue weighted by Crippen LogP contribution is -2.03. The molecule has 0 fully saturated rings. The summed E-state index contributed by atoms with van der Waals surface area (Å²) in [7, 11) is 2.67. The fourth-order valence-corrected chi connectivity index (χ4v) is 3.30. The van der Waals surface area contributed by atoms with Gasteiger partial charge in [-0.25, -0.2) is 0 Å². The van der Waals surface area contributed by atoms with E-state index >= 15 is 0 Å². The van der Waals surface area contributed by atoms with E-state index in [0.717, 1.165) is 27.6 Å². The summed E-state index contributed by atoms with van der Waals surface area (Å²) in [5, 5.41) is 1.09. The molecule has 0 aromatic heterocycles. The third kappa shape index (κ3) is 5.48. The number of ketones is 1. The van der Waals surface area contributed by atoms with Crippen LogP contribution < -0.4 is 10.0 Å². The van der Waals surface area contributed by atoms with Crippen LogP contribution in [0.25, 0.3) is 0 Å². The van der Waals surface area contributed by atoms with E-state index in [1.807, 2.05) is 30.3 Å². The van der Waals surface area contributed by atoms with Gasteiger partial charge >= 0.3 is 0 Å². The van der Waals surface area contributed by atoms with Crippen molar-refractivity contribution in [3.05, 3.63) is 54.1 Å². The highest BCUT2D eigenvalue weighted by Gasteiger charge is 2.07. The van der Waals surface area contributed by atoms with E-state index in [4.69, 9.17) is 0 Å². The molecule has 0 aliphatic carbocycles. The molecule has 3 nitrogen and oxygen atoms in total. The zero-order valence-corrected chi connectivity index (χ0v) is 14.8. The van der Waals surface area contributed by atoms with Crippen LogP contribution in [-0.2, 0) is 4.79 Å². The number of Topliss-reactive ketones (excluding diaryl/α,β-unsaturated/α-hetero) is 1. The highest BCUT2D eigenvalue weighted by atomic mass is 32.2. The van der Waals surface area contributed by atoms with E-state index in [0.29, 0.717) is 5.56 Å². The number of benzene rings is 2. The lowest BCUT2D eigenvalue weighted by atomic mass is 10.1. The molecule has 0 aliphatic rings. The van der Waals surface area contributed by atoms with Crippen LogP contribution >= 0.6 is 32.9 Å². The van der Waals surface area contributed by atoms with Crippen molar-refractivity contribution in [2.45, 2.75) is 11.8 Å². The van der Waals surface area contributed by atoms with Gasteiger partial charge in [0.2, 0.25) is 0 Å². The molecule has 0 aliphatic heterocycles. The fourth-order valence-electron chi connectivity index (χ4n) is 1.67. The van der Waals surface area contributed by atoms with Crippen molar-refractivity contribution < 1.29 is 9.59 Å². The largest absolute Gasteiger partial charge is 0.326 e. The van der Waals surface area contributed by atoms with Gasteiger partial charge in [0.1, 0.15) is 0 Å². The predicted octanol–water partition coefficient (Wildman–Crippen LogP) is 3.77. The van der Waals surface area contributed by atoms with Gasteiger partial charge in [0.15, 0.2) is 10.9 Å². The summed E-state index contributed by atoms with van der Waals surface area (Å²) in [6.07, 6.45) is 0. The number of carbonyl (C=O) groups is 2. The maximum absolute atomic E-state index is 11.9. The van der Waals surface area contributed by atoms with E-state index in [1.54, 1.807) is 12.1 Å². The Morgan fingerprint density at radius 1 is 1.14 bits per heavy atom. The molecule has 6 heteroatoms. The number of thioether (sulfide) groups is 1. The lowest BCUT2D eigenvalue weighted by Gasteiger charge is -2.07. The summed E-state index contributed by atoms with van der Waals surface area (Å²) >= 11 is 2.56. The van der Waals surface area contributed by atoms with Gasteiger partial charge in [-0.15, -0.1) is 9.24 Å². The van der Waals surface area contributed by atoms with Gasteiger partial charge in [0.25, 0.3) is 0 Å². The highest BCUT2D eigenvalue weighted by molar-refractivity contribution is 8.14. The molecule has 0 bridgehead atoms. The number of hydrogen-bond donors (Lipinski definition) is 1. The number of hydrogen-bond acceptors (Lipinski definition) is 5. The SMILES string of the molecule is CC(=O)SCC(=O)c1ccc(NSc2cccc(P)c2)cc1. The minimum Gasteiger partial charge on any atom is -0.326 e. The first-order valence-corrected chi connectivity index (χ1v) is 8.97. The molecule has 1 atom stereocenters. The van der Waals surface area contributed by atoms with Crippen molar-refractivity contribution in [3.63, 3.8) is 0 Å². The topological polar surface area (TPSA) is 46.2 Å². The quantitative estimate of drug-likeness (QED) is 0.489. The Balaban J connectivity index is 1.91. The summed E-state index contributed by atoms with van der Waals surface area (Å²) in [4.78, 5) is 23.9. The number of carbonyl (C=O) groups excluding carboxylic acids is 2. The van der Waals surface area contributed by atoms with Crippen LogP contribution in [0.15, 0.2) is 53.4 Å². The van der Waals surface area contributed by atoms with Crippen LogP contribution in [0.1, 0.15) is 17.3 Å². The Morgan fingerprint density at radius 2 is 1.86 bits per heavy atom. The average Bonchev–Trinajstić information content (AvgIpc) is 2.51. The van der Waals surface area contributed by atoms with Crippen molar-refractivity contribution in [1.29, 1.82) is 0 Å². The Kier molecular flexibility index (Phi) is 6.49. The molecule has 0 spiro atoms. The molecule has 114 valence electrons. The molecule has 22 heavy (non-hydrogen) atoms.